The van der Waals surface area contributed by atoms with Gasteiger partial charge in [0.25, 0.3) is 0 Å². The molecule has 1 aromatic heterocycles. The summed E-state index contributed by atoms with van der Waals surface area (Å²) in [5, 5.41) is 5.97. The zero-order chi connectivity index (χ0) is 20.1. The predicted octanol–water partition coefficient (Wildman–Crippen LogP) is 4.54. The lowest BCUT2D eigenvalue weighted by atomic mass is 9.86. The largest absolute Gasteiger partial charge is 0.357 e. The van der Waals surface area contributed by atoms with Crippen molar-refractivity contribution >= 4 is 11.8 Å². The smallest absolute Gasteiger partial charge is 0.315 e. The van der Waals surface area contributed by atoms with Gasteiger partial charge in [-0.05, 0) is 54.0 Å². The second-order valence-corrected chi connectivity index (χ2v) is 8.64. The second kappa shape index (κ2) is 8.63. The van der Waals surface area contributed by atoms with E-state index in [1.165, 1.54) is 18.4 Å². The fourth-order valence-electron chi connectivity index (χ4n) is 3.47. The molecule has 2 heterocycles. The molecule has 28 heavy (non-hydrogen) atoms. The number of urea groups is 1. The van der Waals surface area contributed by atoms with Gasteiger partial charge in [-0.15, -0.1) is 0 Å². The third kappa shape index (κ3) is 5.24. The van der Waals surface area contributed by atoms with Gasteiger partial charge in [0.15, 0.2) is 0 Å². The number of amides is 2. The molecule has 5 heteroatoms. The predicted molar refractivity (Wildman–Crippen MR) is 115 cm³/mol. The number of hydrogen-bond donors (Lipinski definition) is 2. The van der Waals surface area contributed by atoms with Crippen molar-refractivity contribution in [3.05, 3.63) is 59.3 Å². The quantitative estimate of drug-likeness (QED) is 0.801. The zero-order valence-electron chi connectivity index (χ0n) is 17.5. The van der Waals surface area contributed by atoms with Crippen LogP contribution in [-0.4, -0.2) is 24.1 Å². The maximum atomic E-state index is 12.3. The Hall–Kier alpha value is -2.56. The summed E-state index contributed by atoms with van der Waals surface area (Å²) in [7, 11) is 0. The molecule has 0 saturated carbocycles. The number of carbonyl (C=O) groups is 1. The van der Waals surface area contributed by atoms with Crippen LogP contribution in [0.25, 0.3) is 0 Å². The Balaban J connectivity index is 1.52. The average Bonchev–Trinajstić information content (AvgIpc) is 3.21. The fourth-order valence-corrected chi connectivity index (χ4v) is 3.47. The Kier molecular flexibility index (Phi) is 6.22. The van der Waals surface area contributed by atoms with Crippen LogP contribution in [0.4, 0.5) is 10.6 Å². The summed E-state index contributed by atoms with van der Waals surface area (Å²) in [6.45, 7) is 11.2. The first-order chi connectivity index (χ1) is 13.3. The maximum Gasteiger partial charge on any atom is 0.315 e. The van der Waals surface area contributed by atoms with E-state index in [2.05, 4.69) is 71.6 Å². The normalized spacial score (nSPS) is 15.4. The number of anilines is 1. The van der Waals surface area contributed by atoms with Crippen LogP contribution in [0.5, 0.6) is 0 Å². The molecule has 3 rings (SSSR count). The summed E-state index contributed by atoms with van der Waals surface area (Å²) in [4.78, 5) is 19.1. The van der Waals surface area contributed by atoms with E-state index >= 15 is 0 Å². The molecule has 1 atom stereocenters. The van der Waals surface area contributed by atoms with Crippen molar-refractivity contribution in [2.45, 2.75) is 58.5 Å². The van der Waals surface area contributed by atoms with E-state index in [4.69, 9.17) is 0 Å². The van der Waals surface area contributed by atoms with Crippen molar-refractivity contribution in [1.29, 1.82) is 0 Å². The summed E-state index contributed by atoms with van der Waals surface area (Å²) in [5.74, 6) is 1.00. The van der Waals surface area contributed by atoms with Crippen molar-refractivity contribution in [3.63, 3.8) is 0 Å². The molecule has 1 saturated heterocycles. The molecule has 0 aliphatic carbocycles. The van der Waals surface area contributed by atoms with E-state index in [9.17, 15) is 4.79 Å². The Bertz CT molecular complexity index is 789. The van der Waals surface area contributed by atoms with Crippen molar-refractivity contribution in [2.75, 3.05) is 18.0 Å². The van der Waals surface area contributed by atoms with E-state index in [0.717, 1.165) is 30.0 Å². The van der Waals surface area contributed by atoms with E-state index in [1.54, 1.807) is 0 Å². The van der Waals surface area contributed by atoms with Gasteiger partial charge in [-0.25, -0.2) is 9.78 Å². The molecular weight excluding hydrogens is 348 g/mol. The minimum atomic E-state index is -0.160. The van der Waals surface area contributed by atoms with Gasteiger partial charge < -0.3 is 15.5 Å². The van der Waals surface area contributed by atoms with Crippen LogP contribution < -0.4 is 15.5 Å². The van der Waals surface area contributed by atoms with Gasteiger partial charge in [-0.3, -0.25) is 0 Å². The third-order valence-corrected chi connectivity index (χ3v) is 5.32. The number of aromatic nitrogens is 1. The Morgan fingerprint density at radius 3 is 2.46 bits per heavy atom. The molecule has 2 amide bonds. The van der Waals surface area contributed by atoms with Gasteiger partial charge in [0.1, 0.15) is 5.82 Å². The fraction of sp³-hybridized carbons (Fsp3) is 0.478. The molecular formula is C23H32N4O. The molecule has 1 aliphatic heterocycles. The van der Waals surface area contributed by atoms with Gasteiger partial charge in [-0.2, -0.15) is 0 Å². The standard InChI is InChI=1S/C23H32N4O/c1-17(19-7-9-20(10-8-19)23(2,3)4)26-22(28)25-16-18-11-12-24-21(15-18)27-13-5-6-14-27/h7-12,15,17H,5-6,13-14,16H2,1-4H3,(H2,25,26,28). The topological polar surface area (TPSA) is 57.3 Å². The number of nitrogens with zero attached hydrogens (tertiary/aromatic N) is 2. The molecule has 0 bridgehead atoms. The molecule has 1 aliphatic rings. The summed E-state index contributed by atoms with van der Waals surface area (Å²) < 4.78 is 0. The Labute approximate surface area is 168 Å². The highest BCUT2D eigenvalue weighted by Crippen LogP contribution is 2.24. The van der Waals surface area contributed by atoms with Crippen LogP contribution in [0, 0.1) is 0 Å². The first-order valence-corrected chi connectivity index (χ1v) is 10.2. The van der Waals surface area contributed by atoms with Crippen LogP contribution in [0.2, 0.25) is 0 Å². The number of carbonyl (C=O) groups excluding carboxylic acids is 1. The Morgan fingerprint density at radius 2 is 1.82 bits per heavy atom. The first-order valence-electron chi connectivity index (χ1n) is 10.2. The lowest BCUT2D eigenvalue weighted by Crippen LogP contribution is -2.36. The molecule has 1 aromatic carbocycles. The monoisotopic (exact) mass is 380 g/mol. The summed E-state index contributed by atoms with van der Waals surface area (Å²) in [6, 6.07) is 12.3. The summed E-state index contributed by atoms with van der Waals surface area (Å²) in [5.41, 5.74) is 3.59. The molecule has 1 fully saturated rings. The van der Waals surface area contributed by atoms with Gasteiger partial charge >= 0.3 is 6.03 Å². The average molecular weight is 381 g/mol. The minimum absolute atomic E-state index is 0.0494. The third-order valence-electron chi connectivity index (χ3n) is 5.32. The van der Waals surface area contributed by atoms with Crippen LogP contribution in [-0.2, 0) is 12.0 Å². The Morgan fingerprint density at radius 1 is 1.14 bits per heavy atom. The molecule has 0 spiro atoms. The number of nitrogens with one attached hydrogen (secondary N) is 2. The summed E-state index contributed by atoms with van der Waals surface area (Å²) >= 11 is 0. The van der Waals surface area contributed by atoms with Crippen LogP contribution in [0.15, 0.2) is 42.6 Å². The number of pyridine rings is 1. The van der Waals surface area contributed by atoms with E-state index < -0.39 is 0 Å². The number of rotatable bonds is 5. The van der Waals surface area contributed by atoms with Gasteiger partial charge in [0.2, 0.25) is 0 Å². The van der Waals surface area contributed by atoms with Crippen molar-refractivity contribution < 1.29 is 4.79 Å². The zero-order valence-corrected chi connectivity index (χ0v) is 17.5. The van der Waals surface area contributed by atoms with Crippen LogP contribution in [0.3, 0.4) is 0 Å². The van der Waals surface area contributed by atoms with E-state index in [1.807, 2.05) is 19.2 Å². The van der Waals surface area contributed by atoms with Crippen molar-refractivity contribution in [1.82, 2.24) is 15.6 Å². The van der Waals surface area contributed by atoms with Gasteiger partial charge in [0.05, 0.1) is 6.04 Å². The lowest BCUT2D eigenvalue weighted by molar-refractivity contribution is 0.237. The van der Waals surface area contributed by atoms with E-state index in [0.29, 0.717) is 6.54 Å². The van der Waals surface area contributed by atoms with Crippen LogP contribution in [0.1, 0.15) is 63.3 Å². The molecule has 2 aromatic rings. The maximum absolute atomic E-state index is 12.3. The number of benzene rings is 1. The van der Waals surface area contributed by atoms with E-state index in [-0.39, 0.29) is 17.5 Å². The summed E-state index contributed by atoms with van der Waals surface area (Å²) in [6.07, 6.45) is 4.27. The lowest BCUT2D eigenvalue weighted by Gasteiger charge is -2.21. The molecule has 150 valence electrons. The van der Waals surface area contributed by atoms with Gasteiger partial charge in [0, 0.05) is 25.8 Å². The van der Waals surface area contributed by atoms with Crippen molar-refractivity contribution in [3.8, 4) is 0 Å². The minimum Gasteiger partial charge on any atom is -0.357 e. The molecule has 0 radical (unpaired) electrons. The van der Waals surface area contributed by atoms with Gasteiger partial charge in [-0.1, -0.05) is 45.0 Å². The number of hydrogen-bond acceptors (Lipinski definition) is 3. The highest BCUT2D eigenvalue weighted by Gasteiger charge is 2.16. The highest BCUT2D eigenvalue weighted by atomic mass is 16.2. The molecule has 2 N–H and O–H groups in total. The second-order valence-electron chi connectivity index (χ2n) is 8.64. The van der Waals surface area contributed by atoms with Crippen LogP contribution >= 0.6 is 0 Å². The molecule has 1 unspecified atom stereocenters. The first kappa shape index (κ1) is 20.2. The van der Waals surface area contributed by atoms with Crippen molar-refractivity contribution in [2.24, 2.45) is 0 Å². The SMILES string of the molecule is CC(NC(=O)NCc1ccnc(N2CCCC2)c1)c1ccc(C(C)(C)C)cc1. The highest BCUT2D eigenvalue weighted by molar-refractivity contribution is 5.74. The molecule has 5 nitrogen and oxygen atoms in total.